The van der Waals surface area contributed by atoms with Crippen molar-refractivity contribution in [1.29, 1.82) is 0 Å². The van der Waals surface area contributed by atoms with Gasteiger partial charge in [0.05, 0.1) is 5.69 Å². The van der Waals surface area contributed by atoms with E-state index < -0.39 is 5.82 Å². The lowest BCUT2D eigenvalue weighted by Crippen LogP contribution is -2.34. The monoisotopic (exact) mass is 286 g/mol. The molecule has 0 spiro atoms. The number of nitrogens with one attached hydrogen (secondary N) is 1. The molecule has 0 aliphatic heterocycles. The van der Waals surface area contributed by atoms with E-state index in [9.17, 15) is 9.18 Å². The quantitative estimate of drug-likeness (QED) is 0.849. The number of amides is 1. The Hall–Kier alpha value is -2.36. The second kappa shape index (κ2) is 6.39. The van der Waals surface area contributed by atoms with Crippen LogP contribution < -0.4 is 11.1 Å². The second-order valence-electron chi connectivity index (χ2n) is 5.24. The number of benzene rings is 2. The first-order valence-corrected chi connectivity index (χ1v) is 6.87. The largest absolute Gasteiger partial charge is 0.396 e. The Bertz CT molecular complexity index is 655. The predicted octanol–water partition coefficient (Wildman–Crippen LogP) is 3.08. The Balaban J connectivity index is 2.02. The van der Waals surface area contributed by atoms with Crippen molar-refractivity contribution in [1.82, 2.24) is 5.32 Å². The molecule has 0 fully saturated rings. The Kier molecular flexibility index (Phi) is 4.58. The number of hydrogen-bond acceptors (Lipinski definition) is 2. The minimum atomic E-state index is -0.575. The maximum absolute atomic E-state index is 13.4. The van der Waals surface area contributed by atoms with E-state index in [1.54, 1.807) is 0 Å². The number of carbonyl (C=O) groups excluding carboxylic acids is 1. The van der Waals surface area contributed by atoms with Gasteiger partial charge in [-0.2, -0.15) is 0 Å². The van der Waals surface area contributed by atoms with Crippen LogP contribution in [0, 0.1) is 12.7 Å². The summed E-state index contributed by atoms with van der Waals surface area (Å²) in [6.07, 6.45) is 0.732. The maximum atomic E-state index is 13.4. The lowest BCUT2D eigenvalue weighted by molar-refractivity contribution is 0.0939. The number of carbonyl (C=O) groups is 1. The lowest BCUT2D eigenvalue weighted by Gasteiger charge is -2.15. The van der Waals surface area contributed by atoms with Crippen LogP contribution in [-0.4, -0.2) is 11.9 Å². The summed E-state index contributed by atoms with van der Waals surface area (Å²) in [5.41, 5.74) is 8.10. The lowest BCUT2D eigenvalue weighted by atomic mass is 10.0. The Morgan fingerprint density at radius 1 is 1.29 bits per heavy atom. The Labute approximate surface area is 124 Å². The van der Waals surface area contributed by atoms with E-state index in [4.69, 9.17) is 5.73 Å². The van der Waals surface area contributed by atoms with Crippen LogP contribution in [0.3, 0.4) is 0 Å². The number of halogens is 1. The molecule has 4 heteroatoms. The number of rotatable bonds is 4. The van der Waals surface area contributed by atoms with Gasteiger partial charge in [-0.1, -0.05) is 24.3 Å². The van der Waals surface area contributed by atoms with Gasteiger partial charge >= 0.3 is 0 Å². The van der Waals surface area contributed by atoms with Crippen molar-refractivity contribution in [2.45, 2.75) is 26.3 Å². The highest BCUT2D eigenvalue weighted by molar-refractivity contribution is 5.94. The normalized spacial score (nSPS) is 12.0. The fourth-order valence-corrected chi connectivity index (χ4v) is 2.20. The molecule has 3 N–H and O–H groups in total. The third-order valence-electron chi connectivity index (χ3n) is 3.43. The molecule has 0 aliphatic rings. The molecule has 2 aromatic carbocycles. The molecule has 0 heterocycles. The molecule has 1 amide bonds. The van der Waals surface area contributed by atoms with Crippen molar-refractivity contribution < 1.29 is 9.18 Å². The summed E-state index contributed by atoms with van der Waals surface area (Å²) in [6, 6.07) is 12.1. The summed E-state index contributed by atoms with van der Waals surface area (Å²) in [6.45, 7) is 3.97. The first-order valence-electron chi connectivity index (χ1n) is 6.87. The van der Waals surface area contributed by atoms with E-state index in [0.717, 1.165) is 12.5 Å². The van der Waals surface area contributed by atoms with Crippen molar-refractivity contribution in [2.75, 3.05) is 5.73 Å². The maximum Gasteiger partial charge on any atom is 0.251 e. The van der Waals surface area contributed by atoms with Crippen LogP contribution in [0.1, 0.15) is 28.4 Å². The van der Waals surface area contributed by atoms with Gasteiger partial charge in [-0.25, -0.2) is 4.39 Å². The number of aryl methyl sites for hydroxylation is 1. The number of nitrogens with two attached hydrogens (primary N) is 1. The van der Waals surface area contributed by atoms with Crippen LogP contribution in [0.5, 0.6) is 0 Å². The Morgan fingerprint density at radius 3 is 2.67 bits per heavy atom. The van der Waals surface area contributed by atoms with Crippen molar-refractivity contribution >= 4 is 11.6 Å². The van der Waals surface area contributed by atoms with Crippen LogP contribution >= 0.6 is 0 Å². The summed E-state index contributed by atoms with van der Waals surface area (Å²) in [5.74, 6) is -0.871. The van der Waals surface area contributed by atoms with Crippen LogP contribution in [0.15, 0.2) is 42.5 Å². The zero-order valence-corrected chi connectivity index (χ0v) is 12.2. The average Bonchev–Trinajstić information content (AvgIpc) is 2.44. The molecule has 1 atom stereocenters. The van der Waals surface area contributed by atoms with Gasteiger partial charge in [0.1, 0.15) is 5.82 Å². The molecule has 21 heavy (non-hydrogen) atoms. The molecule has 0 aliphatic carbocycles. The van der Waals surface area contributed by atoms with E-state index in [-0.39, 0.29) is 23.2 Å². The predicted molar refractivity (Wildman–Crippen MR) is 82.6 cm³/mol. The minimum Gasteiger partial charge on any atom is -0.396 e. The fourth-order valence-electron chi connectivity index (χ4n) is 2.20. The third-order valence-corrected chi connectivity index (χ3v) is 3.43. The first kappa shape index (κ1) is 15.0. The first-order chi connectivity index (χ1) is 9.97. The molecule has 0 bridgehead atoms. The van der Waals surface area contributed by atoms with E-state index in [0.29, 0.717) is 0 Å². The van der Waals surface area contributed by atoms with Gasteiger partial charge in [0.15, 0.2) is 0 Å². The molecule has 2 aromatic rings. The molecule has 0 saturated carbocycles. The highest BCUT2D eigenvalue weighted by Gasteiger charge is 2.12. The van der Waals surface area contributed by atoms with E-state index in [2.05, 4.69) is 5.32 Å². The molecule has 0 radical (unpaired) electrons. The third kappa shape index (κ3) is 3.81. The van der Waals surface area contributed by atoms with Gasteiger partial charge < -0.3 is 11.1 Å². The standard InChI is InChI=1S/C17H19FN2O/c1-11-5-3-4-6-13(11)9-12(2)20-17(21)14-7-8-16(19)15(18)10-14/h3-8,10,12H,9,19H2,1-2H3,(H,20,21). The molecule has 1 unspecified atom stereocenters. The van der Waals surface area contributed by atoms with Gasteiger partial charge in [-0.3, -0.25) is 4.79 Å². The summed E-state index contributed by atoms with van der Waals surface area (Å²) in [5, 5.41) is 2.87. The van der Waals surface area contributed by atoms with Crippen LogP contribution in [0.25, 0.3) is 0 Å². The number of nitrogen functional groups attached to an aromatic ring is 1. The van der Waals surface area contributed by atoms with Gasteiger partial charge in [-0.15, -0.1) is 0 Å². The molecule has 110 valence electrons. The van der Waals surface area contributed by atoms with E-state index in [1.807, 2.05) is 38.1 Å². The number of anilines is 1. The second-order valence-corrected chi connectivity index (χ2v) is 5.24. The van der Waals surface area contributed by atoms with Crippen LogP contribution in [0.4, 0.5) is 10.1 Å². The Morgan fingerprint density at radius 2 is 2.00 bits per heavy atom. The SMILES string of the molecule is Cc1ccccc1CC(C)NC(=O)c1ccc(N)c(F)c1. The summed E-state index contributed by atoms with van der Waals surface area (Å²) >= 11 is 0. The molecular weight excluding hydrogens is 267 g/mol. The van der Waals surface area contributed by atoms with Gasteiger partial charge in [0.2, 0.25) is 0 Å². The summed E-state index contributed by atoms with van der Waals surface area (Å²) in [7, 11) is 0. The topological polar surface area (TPSA) is 55.1 Å². The zero-order chi connectivity index (χ0) is 15.4. The van der Waals surface area contributed by atoms with Crippen molar-refractivity contribution in [3.8, 4) is 0 Å². The number of hydrogen-bond donors (Lipinski definition) is 2. The van der Waals surface area contributed by atoms with Crippen LogP contribution in [-0.2, 0) is 6.42 Å². The average molecular weight is 286 g/mol. The zero-order valence-electron chi connectivity index (χ0n) is 12.2. The molecule has 3 nitrogen and oxygen atoms in total. The molecule has 2 rings (SSSR count). The van der Waals surface area contributed by atoms with Crippen molar-refractivity contribution in [3.63, 3.8) is 0 Å². The fraction of sp³-hybridized carbons (Fsp3) is 0.235. The smallest absolute Gasteiger partial charge is 0.251 e. The van der Waals surface area contributed by atoms with Gasteiger partial charge in [-0.05, 0) is 49.6 Å². The van der Waals surface area contributed by atoms with Crippen molar-refractivity contribution in [3.05, 3.63) is 65.0 Å². The highest BCUT2D eigenvalue weighted by atomic mass is 19.1. The molecule has 0 aromatic heterocycles. The minimum absolute atomic E-state index is 0.0412. The van der Waals surface area contributed by atoms with E-state index in [1.165, 1.54) is 23.3 Å². The summed E-state index contributed by atoms with van der Waals surface area (Å²) < 4.78 is 13.4. The van der Waals surface area contributed by atoms with Crippen molar-refractivity contribution in [2.24, 2.45) is 0 Å². The molecule has 0 saturated heterocycles. The van der Waals surface area contributed by atoms with Gasteiger partial charge in [0.25, 0.3) is 5.91 Å². The van der Waals surface area contributed by atoms with Gasteiger partial charge in [0, 0.05) is 11.6 Å². The molecular formula is C17H19FN2O. The summed E-state index contributed by atoms with van der Waals surface area (Å²) in [4.78, 5) is 12.1. The highest BCUT2D eigenvalue weighted by Crippen LogP contribution is 2.13. The van der Waals surface area contributed by atoms with E-state index >= 15 is 0 Å². The van der Waals surface area contributed by atoms with Crippen LogP contribution in [0.2, 0.25) is 0 Å².